The molecule has 0 bridgehead atoms. The molecule has 4 aromatic rings. The van der Waals surface area contributed by atoms with E-state index in [0.717, 1.165) is 22.3 Å². The van der Waals surface area contributed by atoms with Crippen LogP contribution in [0.5, 0.6) is 0 Å². The van der Waals surface area contributed by atoms with Crippen LogP contribution < -0.4 is 15.9 Å². The van der Waals surface area contributed by atoms with Crippen LogP contribution in [-0.4, -0.2) is 59.5 Å². The number of nitrogens with one attached hydrogen (secondary N) is 1. The number of benzene rings is 2. The SMILES string of the molecule is Cc1ccccc1-c1ccc(Cn2c[n+]([C@H]3O[C@@H](COP(=O)(O)O)[C@H](O)[C@@H]3O)c3nc(N)[nH]c(=O)c32)cc1. The van der Waals surface area contributed by atoms with E-state index >= 15 is 0 Å². The molecule has 200 valence electrons. The van der Waals surface area contributed by atoms with Gasteiger partial charge in [-0.25, -0.2) is 9.13 Å². The summed E-state index contributed by atoms with van der Waals surface area (Å²) in [5.41, 5.74) is 9.69. The van der Waals surface area contributed by atoms with Gasteiger partial charge in [0.1, 0.15) is 18.3 Å². The lowest BCUT2D eigenvalue weighted by Gasteiger charge is -2.14. The van der Waals surface area contributed by atoms with Crippen molar-refractivity contribution >= 4 is 24.9 Å². The fraction of sp³-hybridized carbons (Fsp3) is 0.292. The molecule has 5 rings (SSSR count). The number of ether oxygens (including phenoxy) is 1. The maximum Gasteiger partial charge on any atom is 0.469 e. The third-order valence-electron chi connectivity index (χ3n) is 6.47. The third-order valence-corrected chi connectivity index (χ3v) is 6.96. The number of H-pyrrole nitrogens is 1. The molecular formula is C24H27N5O8P+. The fourth-order valence-corrected chi connectivity index (χ4v) is 4.97. The fourth-order valence-electron chi connectivity index (χ4n) is 4.63. The molecule has 0 unspecified atom stereocenters. The maximum absolute atomic E-state index is 12.9. The molecule has 4 atom stereocenters. The number of anilines is 1. The predicted molar refractivity (Wildman–Crippen MR) is 135 cm³/mol. The molecule has 2 aromatic heterocycles. The zero-order valence-corrected chi connectivity index (χ0v) is 21.1. The van der Waals surface area contributed by atoms with Crippen LogP contribution in [0.15, 0.2) is 59.7 Å². The van der Waals surface area contributed by atoms with Crippen LogP contribution in [0.25, 0.3) is 22.3 Å². The van der Waals surface area contributed by atoms with Crippen molar-refractivity contribution in [2.24, 2.45) is 0 Å². The molecule has 14 heteroatoms. The van der Waals surface area contributed by atoms with Gasteiger partial charge in [0.15, 0.2) is 6.33 Å². The number of hydrogen-bond acceptors (Lipinski definition) is 8. The van der Waals surface area contributed by atoms with Crippen LogP contribution in [0.2, 0.25) is 0 Å². The summed E-state index contributed by atoms with van der Waals surface area (Å²) in [6, 6.07) is 15.9. The summed E-state index contributed by atoms with van der Waals surface area (Å²) in [5, 5.41) is 21.1. The monoisotopic (exact) mass is 544 g/mol. The van der Waals surface area contributed by atoms with Crippen molar-refractivity contribution in [3.63, 3.8) is 0 Å². The van der Waals surface area contributed by atoms with E-state index in [2.05, 4.69) is 14.5 Å². The minimum atomic E-state index is -4.83. The Bertz CT molecular complexity index is 1580. The number of aromatic amines is 1. The van der Waals surface area contributed by atoms with Gasteiger partial charge in [0.05, 0.1) is 13.2 Å². The standard InChI is InChI=1S/C24H26N5O8P/c1-13-4-2-3-5-16(13)15-8-6-14(7-9-15)10-28-12-29(21-18(28)22(32)27-24(25)26-21)23-20(31)19(30)17(37-23)11-36-38(33,34)35/h2-9,12,17,19-20,23,30-31H,10-11H2,1H3,(H4-,25,26,27,32,33,34,35)/p+1/t17-,19-,20-,23-/m0/s1. The summed E-state index contributed by atoms with van der Waals surface area (Å²) in [4.78, 5) is 37.5. The Morgan fingerprint density at radius 3 is 2.55 bits per heavy atom. The van der Waals surface area contributed by atoms with Crippen molar-refractivity contribution in [1.82, 2.24) is 14.5 Å². The minimum absolute atomic E-state index is 0.0931. The largest absolute Gasteiger partial charge is 0.469 e. The number of fused-ring (bicyclic) bond motifs is 1. The summed E-state index contributed by atoms with van der Waals surface area (Å²) in [5.74, 6) is -0.161. The predicted octanol–water partition coefficient (Wildman–Crippen LogP) is 0.347. The van der Waals surface area contributed by atoms with Crippen LogP contribution in [0, 0.1) is 6.92 Å². The Labute approximate surface area is 216 Å². The number of rotatable bonds is 7. The first kappa shape index (κ1) is 26.2. The van der Waals surface area contributed by atoms with Gasteiger partial charge in [-0.15, -0.1) is 0 Å². The van der Waals surface area contributed by atoms with Crippen LogP contribution in [0.4, 0.5) is 5.95 Å². The number of aryl methyl sites for hydroxylation is 1. The van der Waals surface area contributed by atoms with E-state index in [1.807, 2.05) is 55.5 Å². The highest BCUT2D eigenvalue weighted by Crippen LogP contribution is 2.38. The Hall–Kier alpha value is -3.42. The van der Waals surface area contributed by atoms with Crippen molar-refractivity contribution in [2.75, 3.05) is 12.3 Å². The van der Waals surface area contributed by atoms with Crippen LogP contribution in [0.3, 0.4) is 0 Å². The number of aliphatic hydroxyl groups is 2. The molecule has 0 spiro atoms. The second kappa shape index (κ2) is 10.0. The number of aromatic nitrogens is 4. The van der Waals surface area contributed by atoms with Crippen LogP contribution in [-0.2, 0) is 20.4 Å². The first-order chi connectivity index (χ1) is 18.0. The molecule has 0 radical (unpaired) electrons. The molecule has 0 aliphatic carbocycles. The van der Waals surface area contributed by atoms with E-state index < -0.39 is 44.5 Å². The second-order valence-corrected chi connectivity index (χ2v) is 10.4. The highest BCUT2D eigenvalue weighted by molar-refractivity contribution is 7.46. The van der Waals surface area contributed by atoms with Crippen LogP contribution >= 0.6 is 7.82 Å². The highest BCUT2D eigenvalue weighted by Gasteiger charge is 2.47. The van der Waals surface area contributed by atoms with E-state index in [0.29, 0.717) is 0 Å². The number of nitrogens with zero attached hydrogens (tertiary/aromatic N) is 3. The van der Waals surface area contributed by atoms with Crippen molar-refractivity contribution in [3.8, 4) is 11.1 Å². The molecule has 2 aromatic carbocycles. The number of phosphoric acid groups is 1. The van der Waals surface area contributed by atoms with Gasteiger partial charge in [0.2, 0.25) is 11.7 Å². The van der Waals surface area contributed by atoms with Crippen LogP contribution in [0.1, 0.15) is 17.4 Å². The number of aliphatic hydroxyl groups excluding tert-OH is 2. The van der Waals surface area contributed by atoms with E-state index in [9.17, 15) is 19.6 Å². The highest BCUT2D eigenvalue weighted by atomic mass is 31.2. The summed E-state index contributed by atoms with van der Waals surface area (Å²) in [6.45, 7) is 1.64. The average molecular weight is 544 g/mol. The smallest absolute Gasteiger partial charge is 0.387 e. The van der Waals surface area contributed by atoms with Gasteiger partial charge in [-0.05, 0) is 29.2 Å². The van der Waals surface area contributed by atoms with Crippen molar-refractivity contribution in [1.29, 1.82) is 0 Å². The molecule has 0 amide bonds. The van der Waals surface area contributed by atoms with E-state index in [1.54, 1.807) is 4.57 Å². The minimum Gasteiger partial charge on any atom is -0.387 e. The molecule has 13 nitrogen and oxygen atoms in total. The Morgan fingerprint density at radius 2 is 1.87 bits per heavy atom. The quantitative estimate of drug-likeness (QED) is 0.139. The average Bonchev–Trinajstić information content (AvgIpc) is 3.35. The van der Waals surface area contributed by atoms with Gasteiger partial charge in [0, 0.05) is 0 Å². The molecule has 1 saturated heterocycles. The number of hydrogen-bond donors (Lipinski definition) is 6. The first-order valence-corrected chi connectivity index (χ1v) is 13.2. The van der Waals surface area contributed by atoms with Gasteiger partial charge in [-0.1, -0.05) is 53.5 Å². The molecule has 3 heterocycles. The molecule has 1 aliphatic heterocycles. The topological polar surface area (TPSA) is 197 Å². The lowest BCUT2D eigenvalue weighted by atomic mass is 10.00. The van der Waals surface area contributed by atoms with E-state index in [1.165, 1.54) is 10.9 Å². The number of nitrogens with two attached hydrogens (primary N) is 1. The summed E-state index contributed by atoms with van der Waals surface area (Å²) in [6.07, 6.45) is -4.02. The molecule has 0 saturated carbocycles. The van der Waals surface area contributed by atoms with Gasteiger partial charge in [0.25, 0.3) is 11.5 Å². The lowest BCUT2D eigenvalue weighted by molar-refractivity contribution is -0.745. The van der Waals surface area contributed by atoms with Gasteiger partial charge in [-0.3, -0.25) is 18.9 Å². The molecule has 1 aliphatic rings. The first-order valence-electron chi connectivity index (χ1n) is 11.7. The van der Waals surface area contributed by atoms with E-state index in [4.69, 9.17) is 20.3 Å². The summed E-state index contributed by atoms with van der Waals surface area (Å²) >= 11 is 0. The van der Waals surface area contributed by atoms with Gasteiger partial charge < -0.3 is 30.5 Å². The second-order valence-electron chi connectivity index (χ2n) is 9.12. The number of phosphoric ester groups is 1. The Kier molecular flexibility index (Phi) is 6.92. The van der Waals surface area contributed by atoms with Gasteiger partial charge >= 0.3 is 13.5 Å². The number of nitrogen functional groups attached to an aromatic ring is 1. The molecular weight excluding hydrogens is 517 g/mol. The normalized spacial score (nSPS) is 21.8. The van der Waals surface area contributed by atoms with Crippen molar-refractivity contribution in [2.45, 2.75) is 38.0 Å². The van der Waals surface area contributed by atoms with Gasteiger partial charge in [-0.2, -0.15) is 0 Å². The van der Waals surface area contributed by atoms with Crippen molar-refractivity contribution in [3.05, 3.63) is 76.3 Å². The molecule has 38 heavy (non-hydrogen) atoms. The Balaban J connectivity index is 1.48. The molecule has 1 fully saturated rings. The van der Waals surface area contributed by atoms with E-state index in [-0.39, 0.29) is 23.7 Å². The third kappa shape index (κ3) is 5.13. The molecule has 7 N–H and O–H groups in total. The summed E-state index contributed by atoms with van der Waals surface area (Å²) < 4.78 is 24.2. The maximum atomic E-state index is 12.9. The zero-order chi connectivity index (χ0) is 27.2. The summed E-state index contributed by atoms with van der Waals surface area (Å²) in [7, 11) is -4.83. The Morgan fingerprint density at radius 1 is 1.16 bits per heavy atom. The number of imidazole rings is 1. The van der Waals surface area contributed by atoms with Crippen molar-refractivity contribution < 1.29 is 38.4 Å². The lowest BCUT2D eigenvalue weighted by Crippen LogP contribution is -2.46. The zero-order valence-electron chi connectivity index (χ0n) is 20.2.